The Morgan fingerprint density at radius 2 is 1.42 bits per heavy atom. The zero-order valence-electron chi connectivity index (χ0n) is 12.0. The smallest absolute Gasteiger partial charge is 0.137 e. The summed E-state index contributed by atoms with van der Waals surface area (Å²) < 4.78 is 2.07. The van der Waals surface area contributed by atoms with E-state index in [0.717, 1.165) is 16.9 Å². The number of nitrogens with zero attached hydrogens (tertiary/aromatic N) is 2. The van der Waals surface area contributed by atoms with Crippen LogP contribution in [0.15, 0.2) is 48.8 Å². The molecule has 0 saturated carbocycles. The molecule has 0 aliphatic carbocycles. The Labute approximate surface area is 114 Å². The number of imidazole rings is 1. The number of hydrogen-bond donors (Lipinski definition) is 0. The molecule has 0 aliphatic rings. The average Bonchev–Trinajstić information content (AvgIpc) is 2.84. The number of benzene rings is 1. The van der Waals surface area contributed by atoms with Crippen LogP contribution in [0.3, 0.4) is 0 Å². The first-order valence-electron chi connectivity index (χ1n) is 6.75. The minimum absolute atomic E-state index is 0.992. The van der Waals surface area contributed by atoms with Crippen LogP contribution in [0.4, 0.5) is 0 Å². The fourth-order valence-electron chi connectivity index (χ4n) is 1.97. The SMILES string of the molecule is CC.Cc1ccc(-c2cn3cc(C)ccc3n2)cc1. The van der Waals surface area contributed by atoms with Gasteiger partial charge in [-0.1, -0.05) is 49.7 Å². The number of hydrogen-bond acceptors (Lipinski definition) is 1. The van der Waals surface area contributed by atoms with Crippen molar-refractivity contribution in [2.24, 2.45) is 0 Å². The van der Waals surface area contributed by atoms with Gasteiger partial charge in [0.2, 0.25) is 0 Å². The molecule has 19 heavy (non-hydrogen) atoms. The lowest BCUT2D eigenvalue weighted by atomic mass is 10.1. The third kappa shape index (κ3) is 2.84. The predicted octanol–water partition coefficient (Wildman–Crippen LogP) is 4.64. The van der Waals surface area contributed by atoms with E-state index in [2.05, 4.69) is 66.0 Å². The van der Waals surface area contributed by atoms with Crippen LogP contribution in [-0.4, -0.2) is 9.38 Å². The van der Waals surface area contributed by atoms with Crippen molar-refractivity contribution >= 4 is 5.65 Å². The zero-order chi connectivity index (χ0) is 13.8. The van der Waals surface area contributed by atoms with Crippen molar-refractivity contribution in [3.8, 4) is 11.3 Å². The van der Waals surface area contributed by atoms with E-state index in [1.165, 1.54) is 11.1 Å². The third-order valence-electron chi connectivity index (χ3n) is 2.95. The van der Waals surface area contributed by atoms with Crippen molar-refractivity contribution in [1.29, 1.82) is 0 Å². The minimum Gasteiger partial charge on any atom is -0.306 e. The fourth-order valence-corrected chi connectivity index (χ4v) is 1.97. The predicted molar refractivity (Wildman–Crippen MR) is 81.5 cm³/mol. The molecule has 0 unspecified atom stereocenters. The fraction of sp³-hybridized carbons (Fsp3) is 0.235. The first kappa shape index (κ1) is 13.3. The van der Waals surface area contributed by atoms with Crippen LogP contribution < -0.4 is 0 Å². The van der Waals surface area contributed by atoms with E-state index in [1.54, 1.807) is 0 Å². The highest BCUT2D eigenvalue weighted by atomic mass is 15.0. The van der Waals surface area contributed by atoms with Gasteiger partial charge in [0.05, 0.1) is 5.69 Å². The number of fused-ring (bicyclic) bond motifs is 1. The summed E-state index contributed by atoms with van der Waals surface area (Å²) >= 11 is 0. The van der Waals surface area contributed by atoms with Gasteiger partial charge in [0.1, 0.15) is 5.65 Å². The van der Waals surface area contributed by atoms with Crippen molar-refractivity contribution in [3.63, 3.8) is 0 Å². The van der Waals surface area contributed by atoms with E-state index >= 15 is 0 Å². The summed E-state index contributed by atoms with van der Waals surface area (Å²) in [7, 11) is 0. The quantitative estimate of drug-likeness (QED) is 0.616. The molecule has 98 valence electrons. The van der Waals surface area contributed by atoms with Gasteiger partial charge in [0, 0.05) is 18.0 Å². The molecule has 0 bridgehead atoms. The Kier molecular flexibility index (Phi) is 4.00. The van der Waals surface area contributed by atoms with Crippen LogP contribution >= 0.6 is 0 Å². The van der Waals surface area contributed by atoms with Gasteiger partial charge in [-0.15, -0.1) is 0 Å². The van der Waals surface area contributed by atoms with Crippen LogP contribution in [0.25, 0.3) is 16.9 Å². The van der Waals surface area contributed by atoms with Crippen LogP contribution in [0, 0.1) is 13.8 Å². The van der Waals surface area contributed by atoms with Crippen molar-refractivity contribution in [1.82, 2.24) is 9.38 Å². The topological polar surface area (TPSA) is 17.3 Å². The molecular weight excluding hydrogens is 232 g/mol. The largest absolute Gasteiger partial charge is 0.306 e. The standard InChI is InChI=1S/C15H14N2.C2H6/c1-11-3-6-13(7-4-11)14-10-17-9-12(2)5-8-15(17)16-14;1-2/h3-10H,1-2H3;1-2H3. The minimum atomic E-state index is 0.992. The van der Waals surface area contributed by atoms with E-state index in [-0.39, 0.29) is 0 Å². The zero-order valence-corrected chi connectivity index (χ0v) is 12.0. The molecule has 2 heteroatoms. The molecule has 0 amide bonds. The monoisotopic (exact) mass is 252 g/mol. The molecule has 0 spiro atoms. The second-order valence-electron chi connectivity index (χ2n) is 4.46. The van der Waals surface area contributed by atoms with Crippen molar-refractivity contribution in [2.45, 2.75) is 27.7 Å². The van der Waals surface area contributed by atoms with Gasteiger partial charge in [0.25, 0.3) is 0 Å². The molecule has 2 nitrogen and oxygen atoms in total. The van der Waals surface area contributed by atoms with Gasteiger partial charge < -0.3 is 4.40 Å². The summed E-state index contributed by atoms with van der Waals surface area (Å²) in [6, 6.07) is 12.6. The van der Waals surface area contributed by atoms with Gasteiger partial charge >= 0.3 is 0 Å². The van der Waals surface area contributed by atoms with E-state index < -0.39 is 0 Å². The van der Waals surface area contributed by atoms with Crippen molar-refractivity contribution < 1.29 is 0 Å². The summed E-state index contributed by atoms with van der Waals surface area (Å²) in [5, 5.41) is 0. The summed E-state index contributed by atoms with van der Waals surface area (Å²) in [4.78, 5) is 4.62. The summed E-state index contributed by atoms with van der Waals surface area (Å²) in [6.45, 7) is 8.18. The third-order valence-corrected chi connectivity index (χ3v) is 2.95. The lowest BCUT2D eigenvalue weighted by molar-refractivity contribution is 1.16. The molecule has 3 rings (SSSR count). The highest BCUT2D eigenvalue weighted by Gasteiger charge is 2.03. The van der Waals surface area contributed by atoms with Crippen LogP contribution in [0.1, 0.15) is 25.0 Å². The number of aryl methyl sites for hydroxylation is 2. The number of pyridine rings is 1. The second-order valence-corrected chi connectivity index (χ2v) is 4.46. The van der Waals surface area contributed by atoms with Gasteiger partial charge in [0.15, 0.2) is 0 Å². The summed E-state index contributed by atoms with van der Waals surface area (Å²) in [5.41, 5.74) is 5.69. The Morgan fingerprint density at radius 3 is 2.11 bits per heavy atom. The lowest BCUT2D eigenvalue weighted by Crippen LogP contribution is -1.82. The van der Waals surface area contributed by atoms with Gasteiger partial charge in [-0.25, -0.2) is 4.98 Å². The van der Waals surface area contributed by atoms with Crippen LogP contribution in [0.5, 0.6) is 0 Å². The molecule has 2 heterocycles. The molecule has 2 aromatic heterocycles. The first-order chi connectivity index (χ1) is 9.22. The summed E-state index contributed by atoms with van der Waals surface area (Å²) in [6.07, 6.45) is 4.17. The van der Waals surface area contributed by atoms with E-state index in [4.69, 9.17) is 0 Å². The molecule has 0 radical (unpaired) electrons. The number of aromatic nitrogens is 2. The highest BCUT2D eigenvalue weighted by Crippen LogP contribution is 2.19. The molecule has 3 aromatic rings. The lowest BCUT2D eigenvalue weighted by Gasteiger charge is -1.96. The van der Waals surface area contributed by atoms with E-state index in [9.17, 15) is 0 Å². The normalized spacial score (nSPS) is 10.1. The second kappa shape index (κ2) is 5.70. The molecule has 0 fully saturated rings. The molecule has 0 saturated heterocycles. The van der Waals surface area contributed by atoms with E-state index in [0.29, 0.717) is 0 Å². The Hall–Kier alpha value is -2.09. The van der Waals surface area contributed by atoms with Crippen molar-refractivity contribution in [2.75, 3.05) is 0 Å². The maximum Gasteiger partial charge on any atom is 0.137 e. The Balaban J connectivity index is 0.000000637. The van der Waals surface area contributed by atoms with Gasteiger partial charge in [-0.3, -0.25) is 0 Å². The molecule has 0 atom stereocenters. The van der Waals surface area contributed by atoms with Crippen molar-refractivity contribution in [3.05, 3.63) is 59.9 Å². The average molecular weight is 252 g/mol. The maximum absolute atomic E-state index is 4.62. The maximum atomic E-state index is 4.62. The van der Waals surface area contributed by atoms with Crippen LogP contribution in [-0.2, 0) is 0 Å². The molecule has 0 aliphatic heterocycles. The summed E-state index contributed by atoms with van der Waals surface area (Å²) in [5.74, 6) is 0. The number of rotatable bonds is 1. The Morgan fingerprint density at radius 1 is 0.789 bits per heavy atom. The molecular formula is C17H20N2. The molecule has 1 aromatic carbocycles. The Bertz CT molecular complexity index is 663. The van der Waals surface area contributed by atoms with E-state index in [1.807, 2.05) is 19.9 Å². The first-order valence-corrected chi connectivity index (χ1v) is 6.75. The molecule has 0 N–H and O–H groups in total. The van der Waals surface area contributed by atoms with Crippen LogP contribution in [0.2, 0.25) is 0 Å². The van der Waals surface area contributed by atoms with Gasteiger partial charge in [-0.05, 0) is 25.5 Å². The highest BCUT2D eigenvalue weighted by molar-refractivity contribution is 5.62. The van der Waals surface area contributed by atoms with Gasteiger partial charge in [-0.2, -0.15) is 0 Å².